The van der Waals surface area contributed by atoms with Gasteiger partial charge < -0.3 is 9.97 Å². The summed E-state index contributed by atoms with van der Waals surface area (Å²) >= 11 is 0. The second kappa shape index (κ2) is 13.5. The summed E-state index contributed by atoms with van der Waals surface area (Å²) in [4.78, 5) is 7.99. The molecule has 348 valence electrons. The molecule has 7 aromatic rings. The Kier molecular flexibility index (Phi) is 8.37. The van der Waals surface area contributed by atoms with Crippen LogP contribution in [0.1, 0.15) is 138 Å². The van der Waals surface area contributed by atoms with Gasteiger partial charge in [-0.2, -0.15) is 0 Å². The van der Waals surface area contributed by atoms with Crippen molar-refractivity contribution in [2.24, 2.45) is 68.0 Å². The van der Waals surface area contributed by atoms with Crippen LogP contribution >= 0.6 is 0 Å². The van der Waals surface area contributed by atoms with E-state index in [1.54, 1.807) is 16.7 Å². The third-order valence-corrected chi connectivity index (χ3v) is 22.7. The summed E-state index contributed by atoms with van der Waals surface area (Å²) in [5, 5.41) is 5.35. The summed E-state index contributed by atoms with van der Waals surface area (Å²) in [7, 11) is 0. The van der Waals surface area contributed by atoms with E-state index in [9.17, 15) is 0 Å². The molecule has 0 bridgehead atoms. The molecule has 10 atom stereocenters. The number of aromatic nitrogens is 2. The van der Waals surface area contributed by atoms with Crippen molar-refractivity contribution in [3.8, 4) is 11.1 Å². The van der Waals surface area contributed by atoms with Gasteiger partial charge >= 0.3 is 0 Å². The van der Waals surface area contributed by atoms with E-state index in [-0.39, 0.29) is 37.9 Å². The van der Waals surface area contributed by atoms with Crippen LogP contribution in [0.25, 0.3) is 60.3 Å². The maximum atomic E-state index is 4.13. The minimum Gasteiger partial charge on any atom is -0.354 e. The predicted molar refractivity (Wildman–Crippen MR) is 287 cm³/mol. The van der Waals surface area contributed by atoms with Crippen molar-refractivity contribution >= 4 is 49.2 Å². The van der Waals surface area contributed by atoms with E-state index in [0.29, 0.717) is 29.6 Å². The van der Waals surface area contributed by atoms with Gasteiger partial charge in [0.2, 0.25) is 0 Å². The Morgan fingerprint density at radius 2 is 0.956 bits per heavy atom. The van der Waals surface area contributed by atoms with E-state index in [4.69, 9.17) is 0 Å². The van der Waals surface area contributed by atoms with Crippen LogP contribution in [0.4, 0.5) is 0 Å². The highest BCUT2D eigenvalue weighted by Gasteiger charge is 2.82. The largest absolute Gasteiger partial charge is 0.354 e. The van der Waals surface area contributed by atoms with Crippen molar-refractivity contribution in [2.45, 2.75) is 132 Å². The molecule has 2 nitrogen and oxygen atoms in total. The molecule has 6 fully saturated rings. The molecular formula is C66H74N2. The number of aromatic amines is 2. The molecular weight excluding hydrogens is 821 g/mol. The summed E-state index contributed by atoms with van der Waals surface area (Å²) in [5.41, 5.74) is 17.1. The van der Waals surface area contributed by atoms with E-state index >= 15 is 0 Å². The average molecular weight is 895 g/mol. The molecule has 0 saturated heterocycles. The van der Waals surface area contributed by atoms with Gasteiger partial charge in [-0.1, -0.05) is 190 Å². The fourth-order valence-corrected chi connectivity index (χ4v) is 19.5. The Hall–Kier alpha value is -4.82. The van der Waals surface area contributed by atoms with Crippen LogP contribution in [0, 0.1) is 68.0 Å². The van der Waals surface area contributed by atoms with Crippen LogP contribution in [0.5, 0.6) is 0 Å². The lowest BCUT2D eigenvalue weighted by Crippen LogP contribution is -2.45. The van der Waals surface area contributed by atoms with Crippen molar-refractivity contribution in [3.05, 3.63) is 138 Å². The number of nitrogens with one attached hydrogen (secondary N) is 2. The van der Waals surface area contributed by atoms with Crippen molar-refractivity contribution < 1.29 is 0 Å². The van der Waals surface area contributed by atoms with E-state index in [1.165, 1.54) is 118 Å². The van der Waals surface area contributed by atoms with Crippen LogP contribution in [-0.2, 0) is 5.41 Å². The van der Waals surface area contributed by atoms with Crippen LogP contribution in [0.2, 0.25) is 0 Å². The minimum absolute atomic E-state index is 0.132. The smallest absolute Gasteiger partial charge is 0.0544 e. The average Bonchev–Trinajstić information content (AvgIpc) is 3.99. The SMILES string of the molecule is CC1CCC2C(C)(C)C2(C2=CC(c3ccc(-c4cccc5c4[nH]c4ccccc45)cc3)(C34CC(C)CCC3C4(C)C)CC(C34CC(C)CCC3C4(C)C)=C2c2cccc3c2[nH]c2ccccc23)C1. The minimum atomic E-state index is -0.138. The molecule has 68 heavy (non-hydrogen) atoms. The molecule has 0 spiro atoms. The van der Waals surface area contributed by atoms with E-state index in [2.05, 4.69) is 188 Å². The molecule has 0 amide bonds. The highest BCUT2D eigenvalue weighted by molar-refractivity contribution is 6.13. The zero-order valence-corrected chi connectivity index (χ0v) is 42.5. The maximum Gasteiger partial charge on any atom is 0.0544 e. The summed E-state index contributed by atoms with van der Waals surface area (Å²) in [6.45, 7) is 24.1. The highest BCUT2D eigenvalue weighted by atomic mass is 14.9. The van der Waals surface area contributed by atoms with E-state index in [0.717, 1.165) is 12.3 Å². The first-order valence-electron chi connectivity index (χ1n) is 27.2. The number of H-pyrrole nitrogens is 2. The van der Waals surface area contributed by atoms with Gasteiger partial charge in [-0.3, -0.25) is 0 Å². The fourth-order valence-electron chi connectivity index (χ4n) is 19.5. The fraction of sp³-hybridized carbons (Fsp3) is 0.485. The van der Waals surface area contributed by atoms with Gasteiger partial charge in [-0.25, -0.2) is 0 Å². The molecule has 2 N–H and O–H groups in total. The van der Waals surface area contributed by atoms with Gasteiger partial charge in [0, 0.05) is 60.0 Å². The summed E-state index contributed by atoms with van der Waals surface area (Å²) < 4.78 is 0. The van der Waals surface area contributed by atoms with Crippen molar-refractivity contribution in [1.29, 1.82) is 0 Å². The van der Waals surface area contributed by atoms with E-state index in [1.807, 2.05) is 5.57 Å². The van der Waals surface area contributed by atoms with E-state index < -0.39 is 0 Å². The summed E-state index contributed by atoms with van der Waals surface area (Å²) in [5.74, 6) is 4.26. The van der Waals surface area contributed by atoms with Gasteiger partial charge in [0.15, 0.2) is 0 Å². The molecule has 5 aromatic carbocycles. The first-order chi connectivity index (χ1) is 32.6. The lowest BCUT2D eigenvalue weighted by molar-refractivity contribution is 0.144. The second-order valence-corrected chi connectivity index (χ2v) is 26.3. The molecule has 7 aliphatic carbocycles. The Labute approximate surface area is 405 Å². The molecule has 2 heteroatoms. The Morgan fingerprint density at radius 1 is 0.456 bits per heavy atom. The first-order valence-corrected chi connectivity index (χ1v) is 27.2. The molecule has 2 aromatic heterocycles. The molecule has 10 unspecified atom stereocenters. The van der Waals surface area contributed by atoms with Crippen LogP contribution < -0.4 is 0 Å². The van der Waals surface area contributed by atoms with Gasteiger partial charge in [0.05, 0.1) is 11.0 Å². The number of allylic oxidation sites excluding steroid dienone is 4. The zero-order valence-electron chi connectivity index (χ0n) is 42.5. The standard InChI is InChI=1S/C66H74N2/c1-39-24-31-54-60(4,5)64(54,34-39)50-37-63(66-36-41(3)26-33-56(66)62(66,8)9,43-29-27-42(28-30-43)44-18-14-19-47-45-16-10-12-22-52(45)67-58(44)47)38-51(65-35-40(2)25-32-55(65)61(65,6)7)57(50)49-21-15-20-48-46-17-11-13-23-53(46)68-59(48)49/h10-23,27-30,37,39-41,54-56,67-68H,24-26,31-36,38H2,1-9H3. The van der Waals surface area contributed by atoms with Crippen molar-refractivity contribution in [3.63, 3.8) is 0 Å². The van der Waals surface area contributed by atoms with Gasteiger partial charge in [0.1, 0.15) is 0 Å². The molecule has 7 aliphatic rings. The first kappa shape index (κ1) is 42.1. The maximum absolute atomic E-state index is 4.13. The molecule has 2 heterocycles. The van der Waals surface area contributed by atoms with Crippen molar-refractivity contribution in [2.75, 3.05) is 0 Å². The zero-order chi connectivity index (χ0) is 46.5. The third-order valence-electron chi connectivity index (χ3n) is 22.7. The van der Waals surface area contributed by atoms with Crippen molar-refractivity contribution in [1.82, 2.24) is 9.97 Å². The molecule has 6 saturated carbocycles. The highest BCUT2D eigenvalue weighted by Crippen LogP contribution is 2.89. The van der Waals surface area contributed by atoms with Crippen LogP contribution in [0.15, 0.2) is 126 Å². The number of hydrogen-bond acceptors (Lipinski definition) is 0. The van der Waals surface area contributed by atoms with Gasteiger partial charge in [-0.05, 0) is 137 Å². The summed E-state index contributed by atoms with van der Waals surface area (Å²) in [6, 6.07) is 42.6. The Morgan fingerprint density at radius 3 is 1.59 bits per heavy atom. The second-order valence-electron chi connectivity index (χ2n) is 26.3. The van der Waals surface area contributed by atoms with Gasteiger partial charge in [-0.15, -0.1) is 0 Å². The number of rotatable bonds is 6. The van der Waals surface area contributed by atoms with Crippen LogP contribution in [-0.4, -0.2) is 9.97 Å². The molecule has 0 radical (unpaired) electrons. The quantitative estimate of drug-likeness (QED) is 0.167. The predicted octanol–water partition coefficient (Wildman–Crippen LogP) is 18.0. The number of para-hydroxylation sites is 4. The van der Waals surface area contributed by atoms with Gasteiger partial charge in [0.25, 0.3) is 0 Å². The Bertz CT molecular complexity index is 3330. The summed E-state index contributed by atoms with van der Waals surface area (Å²) in [6.07, 6.45) is 16.3. The lowest BCUT2D eigenvalue weighted by Gasteiger charge is -2.52. The number of fused-ring (bicyclic) bond motifs is 9. The molecule has 0 aliphatic heterocycles. The third kappa shape index (κ3) is 4.97. The number of hydrogen-bond donors (Lipinski definition) is 2. The molecule has 14 rings (SSSR count). The van der Waals surface area contributed by atoms with Crippen LogP contribution in [0.3, 0.4) is 0 Å². The lowest BCUT2D eigenvalue weighted by atomic mass is 9.51. The monoisotopic (exact) mass is 895 g/mol. The Balaban J connectivity index is 1.08. The number of benzene rings is 5. The topological polar surface area (TPSA) is 31.6 Å². The normalized spacial score (nSPS) is 36.3.